The van der Waals surface area contributed by atoms with Gasteiger partial charge in [-0.05, 0) is 59.3 Å². The van der Waals surface area contributed by atoms with Gasteiger partial charge in [0.1, 0.15) is 5.75 Å². The predicted molar refractivity (Wildman–Crippen MR) is 79.5 cm³/mol. The van der Waals surface area contributed by atoms with Crippen LogP contribution in [-0.2, 0) is 0 Å². The maximum atomic E-state index is 12.5. The van der Waals surface area contributed by atoms with Crippen molar-refractivity contribution in [1.29, 1.82) is 0 Å². The Hall–Kier alpha value is -1.03. The fraction of sp³-hybridized carbons (Fsp3) is 0.533. The van der Waals surface area contributed by atoms with Gasteiger partial charge in [0.25, 0.3) is 5.91 Å². The highest BCUT2D eigenvalue weighted by Gasteiger charge is 2.25. The molecule has 1 heterocycles. The van der Waals surface area contributed by atoms with Crippen molar-refractivity contribution in [2.75, 3.05) is 13.1 Å². The van der Waals surface area contributed by atoms with E-state index < -0.39 is 0 Å². The van der Waals surface area contributed by atoms with E-state index in [0.29, 0.717) is 16.0 Å². The summed E-state index contributed by atoms with van der Waals surface area (Å²) in [4.78, 5) is 14.4. The molecule has 0 aliphatic carbocycles. The van der Waals surface area contributed by atoms with Crippen molar-refractivity contribution in [3.05, 3.63) is 27.7 Å². The molecule has 4 heteroatoms. The molecule has 0 bridgehead atoms. The predicted octanol–water partition coefficient (Wildman–Crippen LogP) is 3.73. The van der Waals surface area contributed by atoms with Gasteiger partial charge in [-0.3, -0.25) is 4.79 Å². The quantitative estimate of drug-likeness (QED) is 0.900. The Morgan fingerprint density at radius 3 is 2.95 bits per heavy atom. The summed E-state index contributed by atoms with van der Waals surface area (Å²) in [7, 11) is 0. The molecule has 1 aromatic carbocycles. The molecule has 19 heavy (non-hydrogen) atoms. The maximum Gasteiger partial charge on any atom is 0.257 e. The molecule has 0 aromatic heterocycles. The number of hydrogen-bond acceptors (Lipinski definition) is 2. The number of amides is 1. The number of nitrogens with zero attached hydrogens (tertiary/aromatic N) is 1. The lowest BCUT2D eigenvalue weighted by Crippen LogP contribution is -2.39. The molecule has 2 rings (SSSR count). The molecule has 1 amide bonds. The number of phenolic OH excluding ortho intramolecular Hbond substituents is 1. The highest BCUT2D eigenvalue weighted by atomic mass is 79.9. The Morgan fingerprint density at radius 1 is 1.53 bits per heavy atom. The Morgan fingerprint density at radius 2 is 2.26 bits per heavy atom. The molecule has 1 atom stereocenters. The van der Waals surface area contributed by atoms with Crippen molar-refractivity contribution in [3.63, 3.8) is 0 Å². The van der Waals surface area contributed by atoms with Crippen LogP contribution in [-0.4, -0.2) is 29.0 Å². The van der Waals surface area contributed by atoms with Gasteiger partial charge in [0.2, 0.25) is 0 Å². The van der Waals surface area contributed by atoms with Gasteiger partial charge in [-0.25, -0.2) is 0 Å². The first-order chi connectivity index (χ1) is 9.02. The van der Waals surface area contributed by atoms with E-state index in [1.807, 2.05) is 17.9 Å². The highest BCUT2D eigenvalue weighted by Crippen LogP contribution is 2.31. The molecule has 0 spiro atoms. The second kappa shape index (κ2) is 5.95. The van der Waals surface area contributed by atoms with Crippen LogP contribution in [0.25, 0.3) is 0 Å². The summed E-state index contributed by atoms with van der Waals surface area (Å²) in [6, 6.07) is 3.58. The lowest BCUT2D eigenvalue weighted by atomic mass is 9.95. The third-order valence-electron chi connectivity index (χ3n) is 3.82. The topological polar surface area (TPSA) is 40.5 Å². The largest absolute Gasteiger partial charge is 0.506 e. The van der Waals surface area contributed by atoms with E-state index >= 15 is 0 Å². The zero-order valence-corrected chi connectivity index (χ0v) is 13.0. The normalized spacial score (nSPS) is 19.5. The molecule has 1 aromatic rings. The van der Waals surface area contributed by atoms with Crippen molar-refractivity contribution in [2.24, 2.45) is 5.92 Å². The van der Waals surface area contributed by atoms with E-state index in [2.05, 4.69) is 22.9 Å². The molecule has 3 nitrogen and oxygen atoms in total. The maximum absolute atomic E-state index is 12.5. The molecule has 104 valence electrons. The first-order valence-electron chi connectivity index (χ1n) is 6.81. The van der Waals surface area contributed by atoms with Crippen molar-refractivity contribution in [3.8, 4) is 5.75 Å². The second-order valence-corrected chi connectivity index (χ2v) is 6.16. The molecular weight excluding hydrogens is 306 g/mol. The van der Waals surface area contributed by atoms with Crippen LogP contribution < -0.4 is 0 Å². The number of carbonyl (C=O) groups is 1. The molecule has 1 N–H and O–H groups in total. The number of aryl methyl sites for hydroxylation is 1. The number of phenols is 1. The summed E-state index contributed by atoms with van der Waals surface area (Å²) < 4.78 is 0.583. The molecular formula is C15H20BrNO2. The summed E-state index contributed by atoms with van der Waals surface area (Å²) in [5, 5.41) is 10.1. The zero-order chi connectivity index (χ0) is 14.0. The molecule has 1 aliphatic rings. The highest BCUT2D eigenvalue weighted by molar-refractivity contribution is 9.10. The summed E-state index contributed by atoms with van der Waals surface area (Å²) >= 11 is 3.29. The van der Waals surface area contributed by atoms with Crippen LogP contribution in [0.5, 0.6) is 5.75 Å². The lowest BCUT2D eigenvalue weighted by molar-refractivity contribution is 0.0668. The lowest BCUT2D eigenvalue weighted by Gasteiger charge is -2.32. The number of benzene rings is 1. The Labute approximate surface area is 122 Å². The van der Waals surface area contributed by atoms with Crippen molar-refractivity contribution in [2.45, 2.75) is 33.1 Å². The van der Waals surface area contributed by atoms with E-state index in [1.54, 1.807) is 6.07 Å². The van der Waals surface area contributed by atoms with E-state index in [1.165, 1.54) is 6.42 Å². The van der Waals surface area contributed by atoms with Crippen molar-refractivity contribution >= 4 is 21.8 Å². The van der Waals surface area contributed by atoms with Gasteiger partial charge in [0, 0.05) is 13.1 Å². The Balaban J connectivity index is 2.24. The molecule has 1 unspecified atom stereocenters. The third kappa shape index (κ3) is 3.11. The van der Waals surface area contributed by atoms with E-state index in [9.17, 15) is 9.90 Å². The van der Waals surface area contributed by atoms with Crippen LogP contribution in [0.4, 0.5) is 0 Å². The summed E-state index contributed by atoms with van der Waals surface area (Å²) in [6.07, 6.45) is 3.36. The monoisotopic (exact) mass is 325 g/mol. The van der Waals surface area contributed by atoms with Gasteiger partial charge >= 0.3 is 0 Å². The SMILES string of the molecule is CCC1CCCN(C(=O)c2cc(C)cc(Br)c2O)C1. The minimum Gasteiger partial charge on any atom is -0.506 e. The third-order valence-corrected chi connectivity index (χ3v) is 4.43. The van der Waals surface area contributed by atoms with Gasteiger partial charge < -0.3 is 10.0 Å². The number of piperidine rings is 1. The molecule has 1 saturated heterocycles. The summed E-state index contributed by atoms with van der Waals surface area (Å²) in [6.45, 7) is 5.69. The van der Waals surface area contributed by atoms with Crippen LogP contribution in [0.3, 0.4) is 0 Å². The van der Waals surface area contributed by atoms with Gasteiger partial charge in [-0.1, -0.05) is 13.3 Å². The average Bonchev–Trinajstić information content (AvgIpc) is 2.42. The number of halogens is 1. The van der Waals surface area contributed by atoms with Crippen molar-refractivity contribution in [1.82, 2.24) is 4.90 Å². The minimum atomic E-state index is -0.0555. The van der Waals surface area contributed by atoms with Crippen LogP contribution in [0.1, 0.15) is 42.1 Å². The zero-order valence-electron chi connectivity index (χ0n) is 11.4. The van der Waals surface area contributed by atoms with Gasteiger partial charge in [-0.15, -0.1) is 0 Å². The fourth-order valence-electron chi connectivity index (χ4n) is 2.65. The first-order valence-corrected chi connectivity index (χ1v) is 7.60. The van der Waals surface area contributed by atoms with Crippen LogP contribution in [0.2, 0.25) is 0 Å². The summed E-state index contributed by atoms with van der Waals surface area (Å²) in [5.41, 5.74) is 1.38. The Bertz CT molecular complexity index is 487. The number of rotatable bonds is 2. The van der Waals surface area contributed by atoms with Crippen LogP contribution in [0.15, 0.2) is 16.6 Å². The number of aromatic hydroxyl groups is 1. The Kier molecular flexibility index (Phi) is 4.50. The first kappa shape index (κ1) is 14.4. The molecule has 0 saturated carbocycles. The standard InChI is InChI=1S/C15H20BrNO2/c1-3-11-5-4-6-17(9-11)15(19)12-7-10(2)8-13(16)14(12)18/h7-8,11,18H,3-6,9H2,1-2H3. The fourth-order valence-corrected chi connectivity index (χ4v) is 3.23. The average molecular weight is 326 g/mol. The second-order valence-electron chi connectivity index (χ2n) is 5.31. The van der Waals surface area contributed by atoms with Gasteiger partial charge in [0.15, 0.2) is 0 Å². The number of likely N-dealkylation sites (tertiary alicyclic amines) is 1. The van der Waals surface area contributed by atoms with Crippen LogP contribution in [0, 0.1) is 12.8 Å². The van der Waals surface area contributed by atoms with E-state index in [-0.39, 0.29) is 11.7 Å². The number of hydrogen-bond donors (Lipinski definition) is 1. The molecule has 1 fully saturated rings. The number of carbonyl (C=O) groups excluding carboxylic acids is 1. The van der Waals surface area contributed by atoms with Gasteiger partial charge in [-0.2, -0.15) is 0 Å². The van der Waals surface area contributed by atoms with E-state index in [0.717, 1.165) is 31.5 Å². The van der Waals surface area contributed by atoms with Crippen LogP contribution >= 0.6 is 15.9 Å². The molecule has 0 radical (unpaired) electrons. The van der Waals surface area contributed by atoms with E-state index in [4.69, 9.17) is 0 Å². The minimum absolute atomic E-state index is 0.0502. The van der Waals surface area contributed by atoms with Gasteiger partial charge in [0.05, 0.1) is 10.0 Å². The summed E-state index contributed by atoms with van der Waals surface area (Å²) in [5.74, 6) is 0.586. The van der Waals surface area contributed by atoms with Crippen molar-refractivity contribution < 1.29 is 9.90 Å². The smallest absolute Gasteiger partial charge is 0.257 e. The molecule has 1 aliphatic heterocycles.